The third-order valence-corrected chi connectivity index (χ3v) is 6.71. The van der Waals surface area contributed by atoms with Crippen LogP contribution in [0, 0.1) is 0 Å². The number of benzene rings is 3. The Kier molecular flexibility index (Phi) is 8.27. The lowest BCUT2D eigenvalue weighted by Gasteiger charge is -2.23. The lowest BCUT2D eigenvalue weighted by atomic mass is 10.1. The zero-order chi connectivity index (χ0) is 23.7. The molecular weight excluding hydrogens is 436 g/mol. The zero-order valence-electron chi connectivity index (χ0n) is 20.2. The Morgan fingerprint density at radius 2 is 1.14 bits per heavy atom. The van der Waals surface area contributed by atoms with Crippen LogP contribution in [0.3, 0.4) is 0 Å². The lowest BCUT2D eigenvalue weighted by Crippen LogP contribution is -2.37. The van der Waals surface area contributed by atoms with Gasteiger partial charge in [0.05, 0.1) is 26.4 Å². The molecule has 1 heterocycles. The summed E-state index contributed by atoms with van der Waals surface area (Å²) < 4.78 is 25.8. The van der Waals surface area contributed by atoms with Crippen molar-refractivity contribution >= 4 is 0 Å². The maximum Gasteiger partial charge on any atom is 0.151 e. The molecule has 0 radical (unpaired) electrons. The Hall–Kier alpha value is -2.92. The number of ether oxygens (including phenoxy) is 4. The largest absolute Gasteiger partial charge is 0.487 e. The van der Waals surface area contributed by atoms with Crippen molar-refractivity contribution in [2.75, 3.05) is 6.61 Å². The van der Waals surface area contributed by atoms with Gasteiger partial charge >= 0.3 is 0 Å². The summed E-state index contributed by atoms with van der Waals surface area (Å²) in [5.74, 6) is 0.977. The zero-order valence-corrected chi connectivity index (χ0v) is 20.2. The summed E-state index contributed by atoms with van der Waals surface area (Å²) in [6.45, 7) is 2.04. The first-order valence-corrected chi connectivity index (χ1v) is 12.7. The van der Waals surface area contributed by atoms with Gasteiger partial charge in [0, 0.05) is 0 Å². The van der Waals surface area contributed by atoms with Gasteiger partial charge in [-0.05, 0) is 47.9 Å². The molecule has 1 saturated heterocycles. The molecule has 0 amide bonds. The van der Waals surface area contributed by atoms with E-state index in [-0.39, 0.29) is 18.3 Å². The van der Waals surface area contributed by atoms with Crippen LogP contribution in [0.25, 0.3) is 0 Å². The van der Waals surface area contributed by atoms with Gasteiger partial charge in [-0.1, -0.05) is 91.0 Å². The first kappa shape index (κ1) is 23.8. The molecule has 35 heavy (non-hydrogen) atoms. The Labute approximate surface area is 208 Å². The highest BCUT2D eigenvalue weighted by molar-refractivity contribution is 5.23. The average molecular weight is 471 g/mol. The summed E-state index contributed by atoms with van der Waals surface area (Å²) >= 11 is 0. The minimum atomic E-state index is -0.239. The SMILES string of the molecule is c1ccc(COC[C@H]2OC(=C3CCCC3)C(OCc3ccccc3)C2OCc2ccccc2)cc1. The molecule has 1 aliphatic heterocycles. The molecule has 3 aromatic rings. The summed E-state index contributed by atoms with van der Waals surface area (Å²) in [5, 5.41) is 0. The minimum absolute atomic E-state index is 0.216. The molecule has 182 valence electrons. The van der Waals surface area contributed by atoms with Gasteiger partial charge in [0.25, 0.3) is 0 Å². The standard InChI is InChI=1S/C31H34O4/c1-4-12-24(13-5-1)20-32-23-28-30(33-21-25-14-6-2-7-15-25)31(29(35-28)27-18-10-11-19-27)34-22-26-16-8-3-9-17-26/h1-9,12-17,28,30-31H,10-11,18-23H2/t28-,30?,31?/m1/s1. The second-order valence-corrected chi connectivity index (χ2v) is 9.31. The van der Waals surface area contributed by atoms with Gasteiger partial charge in [0.15, 0.2) is 6.10 Å². The van der Waals surface area contributed by atoms with E-state index in [1.54, 1.807) is 0 Å². The van der Waals surface area contributed by atoms with Crippen LogP contribution in [-0.4, -0.2) is 24.9 Å². The van der Waals surface area contributed by atoms with Crippen molar-refractivity contribution in [1.82, 2.24) is 0 Å². The highest BCUT2D eigenvalue weighted by Crippen LogP contribution is 2.38. The van der Waals surface area contributed by atoms with Crippen LogP contribution in [0.2, 0.25) is 0 Å². The van der Waals surface area contributed by atoms with Crippen molar-refractivity contribution < 1.29 is 18.9 Å². The van der Waals surface area contributed by atoms with E-state index in [2.05, 4.69) is 36.4 Å². The molecule has 0 spiro atoms. The number of hydrogen-bond acceptors (Lipinski definition) is 4. The molecule has 1 saturated carbocycles. The second kappa shape index (κ2) is 12.2. The van der Waals surface area contributed by atoms with E-state index in [0.717, 1.165) is 35.3 Å². The van der Waals surface area contributed by atoms with Gasteiger partial charge in [-0.15, -0.1) is 0 Å². The van der Waals surface area contributed by atoms with Gasteiger partial charge in [0.2, 0.25) is 0 Å². The average Bonchev–Trinajstić information content (AvgIpc) is 3.56. The van der Waals surface area contributed by atoms with Gasteiger partial charge in [-0.2, -0.15) is 0 Å². The molecule has 0 N–H and O–H groups in total. The summed E-state index contributed by atoms with van der Waals surface area (Å²) in [7, 11) is 0. The van der Waals surface area contributed by atoms with E-state index in [4.69, 9.17) is 18.9 Å². The molecule has 5 rings (SSSR count). The summed E-state index contributed by atoms with van der Waals surface area (Å²) in [6, 6.07) is 30.8. The van der Waals surface area contributed by atoms with Crippen LogP contribution >= 0.6 is 0 Å². The molecule has 1 aliphatic carbocycles. The highest BCUT2D eigenvalue weighted by Gasteiger charge is 2.45. The van der Waals surface area contributed by atoms with Crippen LogP contribution in [-0.2, 0) is 38.8 Å². The van der Waals surface area contributed by atoms with Crippen molar-refractivity contribution in [2.45, 2.75) is 63.8 Å². The van der Waals surface area contributed by atoms with Crippen LogP contribution in [0.5, 0.6) is 0 Å². The molecule has 2 unspecified atom stereocenters. The first-order valence-electron chi connectivity index (χ1n) is 12.7. The predicted octanol–water partition coefficient (Wildman–Crippen LogP) is 6.60. The maximum atomic E-state index is 6.59. The van der Waals surface area contributed by atoms with E-state index in [1.807, 2.05) is 54.6 Å². The van der Waals surface area contributed by atoms with E-state index in [1.165, 1.54) is 18.4 Å². The van der Waals surface area contributed by atoms with Crippen molar-refractivity contribution in [3.05, 3.63) is 119 Å². The van der Waals surface area contributed by atoms with E-state index in [9.17, 15) is 0 Å². The lowest BCUT2D eigenvalue weighted by molar-refractivity contribution is -0.0894. The first-order chi connectivity index (χ1) is 17.4. The Bertz CT molecular complexity index is 1060. The van der Waals surface area contributed by atoms with Crippen molar-refractivity contribution in [2.24, 2.45) is 0 Å². The number of rotatable bonds is 10. The number of hydrogen-bond donors (Lipinski definition) is 0. The maximum absolute atomic E-state index is 6.59. The Balaban J connectivity index is 1.34. The molecule has 3 atom stereocenters. The fraction of sp³-hybridized carbons (Fsp3) is 0.355. The van der Waals surface area contributed by atoms with Crippen LogP contribution in [0.15, 0.2) is 102 Å². The Morgan fingerprint density at radius 3 is 1.71 bits per heavy atom. The fourth-order valence-electron chi connectivity index (χ4n) is 4.86. The molecular formula is C31H34O4. The molecule has 2 aliphatic rings. The van der Waals surface area contributed by atoms with E-state index in [0.29, 0.717) is 26.4 Å². The smallest absolute Gasteiger partial charge is 0.151 e. The predicted molar refractivity (Wildman–Crippen MR) is 137 cm³/mol. The van der Waals surface area contributed by atoms with Crippen LogP contribution in [0.4, 0.5) is 0 Å². The van der Waals surface area contributed by atoms with Crippen LogP contribution < -0.4 is 0 Å². The summed E-state index contributed by atoms with van der Waals surface area (Å²) in [4.78, 5) is 0. The van der Waals surface area contributed by atoms with Gasteiger partial charge in [-0.25, -0.2) is 0 Å². The van der Waals surface area contributed by atoms with Crippen molar-refractivity contribution in [3.63, 3.8) is 0 Å². The minimum Gasteiger partial charge on any atom is -0.487 e. The summed E-state index contributed by atoms with van der Waals surface area (Å²) in [6.07, 6.45) is 3.87. The molecule has 3 aromatic carbocycles. The monoisotopic (exact) mass is 470 g/mol. The molecule has 0 bridgehead atoms. The molecule has 0 aromatic heterocycles. The summed E-state index contributed by atoms with van der Waals surface area (Å²) in [5.41, 5.74) is 4.81. The van der Waals surface area contributed by atoms with Crippen LogP contribution in [0.1, 0.15) is 42.4 Å². The quantitative estimate of drug-likeness (QED) is 0.334. The van der Waals surface area contributed by atoms with E-state index < -0.39 is 0 Å². The molecule has 4 nitrogen and oxygen atoms in total. The Morgan fingerprint density at radius 1 is 0.629 bits per heavy atom. The van der Waals surface area contributed by atoms with Gasteiger partial charge in [-0.3, -0.25) is 0 Å². The normalized spacial score (nSPS) is 21.9. The van der Waals surface area contributed by atoms with Gasteiger partial charge < -0.3 is 18.9 Å². The topological polar surface area (TPSA) is 36.9 Å². The van der Waals surface area contributed by atoms with Crippen molar-refractivity contribution in [3.8, 4) is 0 Å². The highest BCUT2D eigenvalue weighted by atomic mass is 16.6. The molecule has 2 fully saturated rings. The number of allylic oxidation sites excluding steroid dienone is 1. The third-order valence-electron chi connectivity index (χ3n) is 6.71. The third kappa shape index (κ3) is 6.40. The second-order valence-electron chi connectivity index (χ2n) is 9.31. The molecule has 4 heteroatoms. The van der Waals surface area contributed by atoms with Crippen molar-refractivity contribution in [1.29, 1.82) is 0 Å². The van der Waals surface area contributed by atoms with Gasteiger partial charge in [0.1, 0.15) is 18.0 Å². The fourth-order valence-corrected chi connectivity index (χ4v) is 4.86. The van der Waals surface area contributed by atoms with E-state index >= 15 is 0 Å².